The molecule has 176 valence electrons. The van der Waals surface area contributed by atoms with Crippen LogP contribution >= 0.6 is 11.6 Å². The van der Waals surface area contributed by atoms with Gasteiger partial charge in [-0.3, -0.25) is 4.57 Å². The van der Waals surface area contributed by atoms with Crippen LogP contribution in [0.1, 0.15) is 5.56 Å². The molecule has 0 fully saturated rings. The predicted molar refractivity (Wildman–Crippen MR) is 128 cm³/mol. The summed E-state index contributed by atoms with van der Waals surface area (Å²) in [4.78, 5) is 17.7. The fraction of sp³-hybridized carbons (Fsp3) is 0.0833. The van der Waals surface area contributed by atoms with E-state index in [0.717, 1.165) is 11.3 Å². The van der Waals surface area contributed by atoms with Crippen LogP contribution in [0.25, 0.3) is 39.5 Å². The van der Waals surface area contributed by atoms with Crippen molar-refractivity contribution in [1.29, 1.82) is 0 Å². The van der Waals surface area contributed by atoms with E-state index >= 15 is 0 Å². The molecule has 4 N–H and O–H groups in total. The maximum absolute atomic E-state index is 12.9. The largest absolute Gasteiger partial charge is 0.493 e. The minimum Gasteiger partial charge on any atom is -0.395 e. The van der Waals surface area contributed by atoms with Crippen LogP contribution in [0.15, 0.2) is 73.1 Å². The first-order valence-corrected chi connectivity index (χ1v) is 10.9. The Morgan fingerprint density at radius 2 is 1.80 bits per heavy atom. The average molecular weight is 493 g/mol. The summed E-state index contributed by atoms with van der Waals surface area (Å²) in [5, 5.41) is 17.5. The van der Waals surface area contributed by atoms with Crippen LogP contribution in [-0.4, -0.2) is 40.9 Å². The zero-order valence-electron chi connectivity index (χ0n) is 18.0. The SMILES string of the molecule is Nc1ncccc1-c1nc2ccc(-c3ccc(OC(O)(O)F)nc3)nc2n1-c1ccc(CCl)cc1. The summed E-state index contributed by atoms with van der Waals surface area (Å²) in [7, 11) is 0. The van der Waals surface area contributed by atoms with Gasteiger partial charge in [0, 0.05) is 35.6 Å². The van der Waals surface area contributed by atoms with Gasteiger partial charge in [0.15, 0.2) is 11.5 Å². The molecular weight excluding hydrogens is 475 g/mol. The van der Waals surface area contributed by atoms with E-state index in [1.807, 2.05) is 41.0 Å². The maximum Gasteiger partial charge on any atom is 0.493 e. The number of halogens is 2. The number of hydrogen-bond donors (Lipinski definition) is 3. The molecule has 0 aliphatic rings. The molecule has 5 rings (SSSR count). The number of fused-ring (bicyclic) bond motifs is 1. The van der Waals surface area contributed by atoms with Crippen LogP contribution in [0.4, 0.5) is 10.2 Å². The number of alkyl halides is 2. The second-order valence-electron chi connectivity index (χ2n) is 7.56. The highest BCUT2D eigenvalue weighted by Crippen LogP contribution is 2.32. The molecular formula is C24H18ClFN6O3. The van der Waals surface area contributed by atoms with Crippen molar-refractivity contribution in [3.8, 4) is 34.2 Å². The first kappa shape index (κ1) is 22.7. The number of nitrogens with zero attached hydrogens (tertiary/aromatic N) is 5. The predicted octanol–water partition coefficient (Wildman–Crippen LogP) is 3.81. The molecule has 0 aliphatic heterocycles. The summed E-state index contributed by atoms with van der Waals surface area (Å²) < 4.78 is 19.1. The molecule has 4 aromatic heterocycles. The molecule has 35 heavy (non-hydrogen) atoms. The summed E-state index contributed by atoms with van der Waals surface area (Å²) in [5.74, 6) is 0.985. The Labute approximate surface area is 203 Å². The second kappa shape index (κ2) is 8.91. The van der Waals surface area contributed by atoms with E-state index in [1.54, 1.807) is 24.4 Å². The van der Waals surface area contributed by atoms with Crippen molar-refractivity contribution < 1.29 is 19.3 Å². The van der Waals surface area contributed by atoms with E-state index in [2.05, 4.69) is 14.7 Å². The third-order valence-electron chi connectivity index (χ3n) is 5.20. The number of imidazole rings is 1. The molecule has 11 heteroatoms. The van der Waals surface area contributed by atoms with E-state index in [0.29, 0.717) is 45.5 Å². The van der Waals surface area contributed by atoms with Gasteiger partial charge in [-0.25, -0.2) is 19.9 Å². The number of rotatable bonds is 6. The Morgan fingerprint density at radius 3 is 2.46 bits per heavy atom. The maximum atomic E-state index is 12.9. The molecule has 0 bridgehead atoms. The van der Waals surface area contributed by atoms with Gasteiger partial charge in [-0.05, 0) is 48.0 Å². The summed E-state index contributed by atoms with van der Waals surface area (Å²) in [5.41, 5.74) is 10.9. The third-order valence-corrected chi connectivity index (χ3v) is 5.51. The van der Waals surface area contributed by atoms with Gasteiger partial charge in [-0.15, -0.1) is 16.0 Å². The minimum absolute atomic E-state index is 0.305. The van der Waals surface area contributed by atoms with Gasteiger partial charge in [-0.1, -0.05) is 12.1 Å². The quantitative estimate of drug-likeness (QED) is 0.241. The lowest BCUT2D eigenvalue weighted by atomic mass is 10.2. The van der Waals surface area contributed by atoms with Crippen LogP contribution in [0.2, 0.25) is 0 Å². The highest BCUT2D eigenvalue weighted by molar-refractivity contribution is 6.17. The molecule has 0 radical (unpaired) electrons. The van der Waals surface area contributed by atoms with E-state index in [-0.39, 0.29) is 5.88 Å². The number of nitrogen functional groups attached to an aromatic ring is 1. The molecule has 0 aliphatic carbocycles. The van der Waals surface area contributed by atoms with E-state index < -0.39 is 6.23 Å². The zero-order valence-corrected chi connectivity index (χ0v) is 18.8. The van der Waals surface area contributed by atoms with Crippen LogP contribution in [0.5, 0.6) is 5.88 Å². The number of hydrogen-bond acceptors (Lipinski definition) is 8. The Morgan fingerprint density at radius 1 is 1.00 bits per heavy atom. The van der Waals surface area contributed by atoms with Crippen LogP contribution in [-0.2, 0) is 5.88 Å². The van der Waals surface area contributed by atoms with Crippen molar-refractivity contribution >= 4 is 28.6 Å². The second-order valence-corrected chi connectivity index (χ2v) is 7.83. The number of nitrogens with two attached hydrogens (primary N) is 1. The Balaban J connectivity index is 1.66. The highest BCUT2D eigenvalue weighted by atomic mass is 35.5. The van der Waals surface area contributed by atoms with Crippen LogP contribution in [0.3, 0.4) is 0 Å². The lowest BCUT2D eigenvalue weighted by molar-refractivity contribution is -0.376. The molecule has 0 saturated heterocycles. The van der Waals surface area contributed by atoms with Crippen LogP contribution in [0, 0.1) is 0 Å². The van der Waals surface area contributed by atoms with Gasteiger partial charge >= 0.3 is 6.23 Å². The lowest BCUT2D eigenvalue weighted by Crippen LogP contribution is -2.29. The number of aliphatic hydroxyl groups is 2. The smallest absolute Gasteiger partial charge is 0.395 e. The topological polar surface area (TPSA) is 132 Å². The number of benzene rings is 1. The molecule has 0 spiro atoms. The zero-order chi connectivity index (χ0) is 24.6. The molecule has 5 aromatic rings. The summed E-state index contributed by atoms with van der Waals surface area (Å²) in [6.07, 6.45) is -0.828. The van der Waals surface area contributed by atoms with Crippen LogP contribution < -0.4 is 10.5 Å². The number of anilines is 1. The number of ether oxygens (including phenoxy) is 1. The molecule has 0 saturated carbocycles. The summed E-state index contributed by atoms with van der Waals surface area (Å²) in [6.45, 7) is 0. The Hall–Kier alpha value is -4.12. The third kappa shape index (κ3) is 4.62. The Bertz CT molecular complexity index is 1500. The van der Waals surface area contributed by atoms with E-state index in [1.165, 1.54) is 12.3 Å². The van der Waals surface area contributed by atoms with E-state index in [9.17, 15) is 4.39 Å². The fourth-order valence-corrected chi connectivity index (χ4v) is 3.79. The normalized spacial score (nSPS) is 11.7. The van der Waals surface area contributed by atoms with Crippen molar-refractivity contribution in [3.63, 3.8) is 0 Å². The van der Waals surface area contributed by atoms with Gasteiger partial charge < -0.3 is 20.7 Å². The first-order valence-electron chi connectivity index (χ1n) is 10.4. The Kier molecular flexibility index (Phi) is 5.77. The first-order chi connectivity index (χ1) is 16.8. The van der Waals surface area contributed by atoms with Crippen molar-refractivity contribution in [2.75, 3.05) is 5.73 Å². The fourth-order valence-electron chi connectivity index (χ4n) is 3.61. The van der Waals surface area contributed by atoms with Gasteiger partial charge in [0.25, 0.3) is 0 Å². The molecule has 4 heterocycles. The van der Waals surface area contributed by atoms with Gasteiger partial charge in [0.05, 0.1) is 11.3 Å². The number of aromatic nitrogens is 5. The lowest BCUT2D eigenvalue weighted by Gasteiger charge is -2.12. The summed E-state index contributed by atoms with van der Waals surface area (Å²) >= 11 is 5.96. The van der Waals surface area contributed by atoms with Gasteiger partial charge in [-0.2, -0.15) is 0 Å². The molecule has 0 atom stereocenters. The molecule has 0 amide bonds. The van der Waals surface area contributed by atoms with Crippen molar-refractivity contribution in [2.45, 2.75) is 12.1 Å². The standard InChI is InChI=1S/C24H18ClFN6O3/c25-12-14-3-6-16(7-4-14)32-22(17-2-1-11-28-21(17)27)31-19-9-8-18(30-23(19)32)15-5-10-20(29-13-15)35-24(26,33)34/h1-11,13,33-34H,12H2,(H2,27,28). The molecule has 9 nitrogen and oxygen atoms in total. The van der Waals surface area contributed by atoms with Crippen molar-refractivity contribution in [2.24, 2.45) is 0 Å². The molecule has 0 unspecified atom stereocenters. The monoisotopic (exact) mass is 492 g/mol. The van der Waals surface area contributed by atoms with Crippen molar-refractivity contribution in [1.82, 2.24) is 24.5 Å². The summed E-state index contributed by atoms with van der Waals surface area (Å²) in [6, 6.07) is 17.7. The minimum atomic E-state index is -3.82. The number of pyridine rings is 3. The van der Waals surface area contributed by atoms with Gasteiger partial charge in [0.1, 0.15) is 11.3 Å². The van der Waals surface area contributed by atoms with Crippen molar-refractivity contribution in [3.05, 3.63) is 78.6 Å². The average Bonchev–Trinajstić information content (AvgIpc) is 3.22. The van der Waals surface area contributed by atoms with Gasteiger partial charge in [0.2, 0.25) is 5.88 Å². The van der Waals surface area contributed by atoms with E-state index in [4.69, 9.17) is 37.5 Å². The molecule has 1 aromatic carbocycles. The highest BCUT2D eigenvalue weighted by Gasteiger charge is 2.25.